The minimum absolute atomic E-state index is 0.384. The van der Waals surface area contributed by atoms with Crippen molar-refractivity contribution in [3.63, 3.8) is 0 Å². The number of carbonyl (C=O) groups is 1. The summed E-state index contributed by atoms with van der Waals surface area (Å²) in [6.45, 7) is 0.648. The average Bonchev–Trinajstić information content (AvgIpc) is 2.57. The Morgan fingerprint density at radius 1 is 1.07 bits per heavy atom. The quantitative estimate of drug-likeness (QED) is 0.635. The van der Waals surface area contributed by atoms with Gasteiger partial charge in [-0.2, -0.15) is 0 Å². The maximum atomic E-state index is 11.6. The summed E-state index contributed by atoms with van der Waals surface area (Å²) in [5.41, 5.74) is 0. The van der Waals surface area contributed by atoms with Crippen molar-refractivity contribution in [3.8, 4) is 0 Å². The van der Waals surface area contributed by atoms with Gasteiger partial charge >= 0.3 is 0 Å². The summed E-state index contributed by atoms with van der Waals surface area (Å²) in [7, 11) is 0. The zero-order valence-corrected chi connectivity index (χ0v) is 8.67. The molecule has 2 heteroatoms. The lowest BCUT2D eigenvalue weighted by Crippen LogP contribution is -2.40. The van der Waals surface area contributed by atoms with Crippen LogP contribution in [0.5, 0.6) is 0 Å². The van der Waals surface area contributed by atoms with E-state index in [0.717, 1.165) is 11.8 Å². The number of hydrogen-bond donors (Lipinski definition) is 1. The molecule has 1 N–H and O–H groups in total. The van der Waals surface area contributed by atoms with Gasteiger partial charge in [0.1, 0.15) is 0 Å². The molecule has 3 rings (SSSR count). The fourth-order valence-corrected chi connectivity index (χ4v) is 3.83. The van der Waals surface area contributed by atoms with Crippen molar-refractivity contribution in [2.24, 2.45) is 17.8 Å². The highest BCUT2D eigenvalue weighted by Gasteiger charge is 2.43. The fourth-order valence-electron chi connectivity index (χ4n) is 3.83. The van der Waals surface area contributed by atoms with Crippen LogP contribution in [0, 0.1) is 17.8 Å². The first-order valence-corrected chi connectivity index (χ1v) is 6.10. The highest BCUT2D eigenvalue weighted by molar-refractivity contribution is 5.86. The van der Waals surface area contributed by atoms with Crippen molar-refractivity contribution >= 4 is 5.78 Å². The van der Waals surface area contributed by atoms with E-state index in [2.05, 4.69) is 5.32 Å². The molecule has 0 spiro atoms. The summed E-state index contributed by atoms with van der Waals surface area (Å²) in [5, 5.41) is 3.39. The van der Waals surface area contributed by atoms with Crippen LogP contribution in [0.15, 0.2) is 0 Å². The smallest absolute Gasteiger partial charge is 0.151 e. The van der Waals surface area contributed by atoms with E-state index in [4.69, 9.17) is 0 Å². The molecule has 2 saturated carbocycles. The SMILES string of the molecule is O=C1CNC2CC3CCCCC3CC12. The second-order valence-corrected chi connectivity index (χ2v) is 5.34. The number of nitrogens with one attached hydrogen (secondary N) is 1. The third-order valence-electron chi connectivity index (χ3n) is 4.62. The van der Waals surface area contributed by atoms with Gasteiger partial charge in [0, 0.05) is 12.0 Å². The van der Waals surface area contributed by atoms with Crippen LogP contribution < -0.4 is 5.32 Å². The van der Waals surface area contributed by atoms with Crippen molar-refractivity contribution in [2.75, 3.05) is 6.54 Å². The highest BCUT2D eigenvalue weighted by Crippen LogP contribution is 2.44. The van der Waals surface area contributed by atoms with Gasteiger partial charge < -0.3 is 5.32 Å². The predicted octanol–water partition coefficient (Wildman–Crippen LogP) is 1.74. The topological polar surface area (TPSA) is 29.1 Å². The summed E-state index contributed by atoms with van der Waals surface area (Å²) < 4.78 is 0. The molecular formula is C12H19NO. The minimum atomic E-state index is 0.384. The van der Waals surface area contributed by atoms with E-state index in [1.54, 1.807) is 0 Å². The molecule has 4 unspecified atom stereocenters. The van der Waals surface area contributed by atoms with Gasteiger partial charge in [0.25, 0.3) is 0 Å². The normalized spacial score (nSPS) is 47.3. The largest absolute Gasteiger partial charge is 0.306 e. The third kappa shape index (κ3) is 1.31. The summed E-state index contributed by atoms with van der Waals surface area (Å²) >= 11 is 0. The van der Waals surface area contributed by atoms with Gasteiger partial charge in [-0.15, -0.1) is 0 Å². The van der Waals surface area contributed by atoms with E-state index in [9.17, 15) is 4.79 Å². The molecule has 2 nitrogen and oxygen atoms in total. The van der Waals surface area contributed by atoms with Crippen molar-refractivity contribution in [1.29, 1.82) is 0 Å². The summed E-state index contributed by atoms with van der Waals surface area (Å²) in [6.07, 6.45) is 8.11. The molecule has 0 bridgehead atoms. The Kier molecular flexibility index (Phi) is 2.12. The maximum Gasteiger partial charge on any atom is 0.151 e. The Morgan fingerprint density at radius 3 is 2.57 bits per heavy atom. The minimum Gasteiger partial charge on any atom is -0.306 e. The zero-order chi connectivity index (χ0) is 9.54. The van der Waals surface area contributed by atoms with Crippen molar-refractivity contribution in [2.45, 2.75) is 44.6 Å². The molecule has 14 heavy (non-hydrogen) atoms. The first-order chi connectivity index (χ1) is 6.84. The first-order valence-electron chi connectivity index (χ1n) is 6.10. The summed E-state index contributed by atoms with van der Waals surface area (Å²) in [4.78, 5) is 11.6. The lowest BCUT2D eigenvalue weighted by atomic mass is 9.66. The van der Waals surface area contributed by atoms with Crippen LogP contribution in [-0.4, -0.2) is 18.4 Å². The molecule has 78 valence electrons. The molecule has 0 amide bonds. The summed E-state index contributed by atoms with van der Waals surface area (Å²) in [5.74, 6) is 2.69. The Bertz CT molecular complexity index is 251. The molecule has 3 aliphatic rings. The van der Waals surface area contributed by atoms with E-state index in [1.807, 2.05) is 0 Å². The monoisotopic (exact) mass is 193 g/mol. The van der Waals surface area contributed by atoms with E-state index in [-0.39, 0.29) is 0 Å². The molecule has 0 aromatic heterocycles. The predicted molar refractivity (Wildman–Crippen MR) is 55.0 cm³/mol. The van der Waals surface area contributed by atoms with Gasteiger partial charge in [0.2, 0.25) is 0 Å². The van der Waals surface area contributed by atoms with Crippen LogP contribution in [-0.2, 0) is 4.79 Å². The number of Topliss-reactive ketones (excluding diaryl/α,β-unsaturated/α-hetero) is 1. The van der Waals surface area contributed by atoms with Crippen LogP contribution in [0.25, 0.3) is 0 Å². The van der Waals surface area contributed by atoms with Gasteiger partial charge in [0.05, 0.1) is 6.54 Å². The number of hydrogen-bond acceptors (Lipinski definition) is 2. The maximum absolute atomic E-state index is 11.6. The van der Waals surface area contributed by atoms with Crippen LogP contribution in [0.4, 0.5) is 0 Å². The second kappa shape index (κ2) is 3.34. The number of fused-ring (bicyclic) bond motifs is 2. The molecule has 2 aliphatic carbocycles. The Labute approximate surface area is 85.4 Å². The highest BCUT2D eigenvalue weighted by atomic mass is 16.1. The molecule has 0 aromatic carbocycles. The molecule has 0 radical (unpaired) electrons. The second-order valence-electron chi connectivity index (χ2n) is 5.34. The van der Waals surface area contributed by atoms with Gasteiger partial charge in [0.15, 0.2) is 5.78 Å². The third-order valence-corrected chi connectivity index (χ3v) is 4.62. The summed E-state index contributed by atoms with van der Waals surface area (Å²) in [6, 6.07) is 0.543. The number of rotatable bonds is 0. The lowest BCUT2D eigenvalue weighted by Gasteiger charge is -2.40. The fraction of sp³-hybridized carbons (Fsp3) is 0.917. The van der Waals surface area contributed by atoms with Gasteiger partial charge in [-0.25, -0.2) is 0 Å². The molecule has 1 aliphatic heterocycles. The van der Waals surface area contributed by atoms with Crippen molar-refractivity contribution < 1.29 is 4.79 Å². The van der Waals surface area contributed by atoms with Gasteiger partial charge in [-0.05, 0) is 24.7 Å². The van der Waals surface area contributed by atoms with Gasteiger partial charge in [-0.1, -0.05) is 25.7 Å². The molecule has 3 fully saturated rings. The average molecular weight is 193 g/mol. The Morgan fingerprint density at radius 2 is 1.79 bits per heavy atom. The van der Waals surface area contributed by atoms with E-state index in [0.29, 0.717) is 24.3 Å². The van der Waals surface area contributed by atoms with Crippen LogP contribution in [0.2, 0.25) is 0 Å². The molecule has 1 saturated heterocycles. The van der Waals surface area contributed by atoms with E-state index < -0.39 is 0 Å². The van der Waals surface area contributed by atoms with Crippen molar-refractivity contribution in [3.05, 3.63) is 0 Å². The van der Waals surface area contributed by atoms with Gasteiger partial charge in [-0.3, -0.25) is 4.79 Å². The van der Waals surface area contributed by atoms with Crippen LogP contribution in [0.1, 0.15) is 38.5 Å². The molecule has 1 heterocycles. The van der Waals surface area contributed by atoms with E-state index >= 15 is 0 Å². The van der Waals surface area contributed by atoms with Crippen molar-refractivity contribution in [1.82, 2.24) is 5.32 Å². The number of ketones is 1. The zero-order valence-electron chi connectivity index (χ0n) is 8.67. The molecule has 0 aromatic rings. The van der Waals surface area contributed by atoms with Crippen LogP contribution >= 0.6 is 0 Å². The first kappa shape index (κ1) is 8.90. The number of carbonyl (C=O) groups excluding carboxylic acids is 1. The van der Waals surface area contributed by atoms with Crippen LogP contribution in [0.3, 0.4) is 0 Å². The Balaban J connectivity index is 1.75. The Hall–Kier alpha value is -0.370. The standard InChI is InChI=1S/C12H19NO/c14-12-7-13-11-6-9-4-2-1-3-8(9)5-10(11)12/h8-11,13H,1-7H2. The molecular weight excluding hydrogens is 174 g/mol. The van der Waals surface area contributed by atoms with E-state index in [1.165, 1.54) is 38.5 Å². The molecule has 4 atom stereocenters. The lowest BCUT2D eigenvalue weighted by molar-refractivity contribution is -0.121.